The molecule has 0 atom stereocenters. The molecule has 6 heteroatoms. The Morgan fingerprint density at radius 3 is 3.00 bits per heavy atom. The maximum Gasteiger partial charge on any atom is 0.149 e. The van der Waals surface area contributed by atoms with Crippen molar-refractivity contribution in [3.8, 4) is 5.69 Å². The van der Waals surface area contributed by atoms with E-state index in [0.29, 0.717) is 18.8 Å². The molecule has 0 fully saturated rings. The predicted molar refractivity (Wildman–Crippen MR) is 74.8 cm³/mol. The van der Waals surface area contributed by atoms with Gasteiger partial charge in [-0.05, 0) is 27.6 Å². The first-order valence-electron chi connectivity index (χ1n) is 5.90. The average molecular weight is 328 g/mol. The molecule has 0 aliphatic heterocycles. The average Bonchev–Trinajstić information content (AvgIpc) is 2.81. The number of rotatable bonds is 6. The van der Waals surface area contributed by atoms with Crippen molar-refractivity contribution in [2.45, 2.75) is 6.54 Å². The van der Waals surface area contributed by atoms with E-state index in [1.165, 1.54) is 10.7 Å². The molecule has 0 saturated heterocycles. The Morgan fingerprint density at radius 1 is 1.47 bits per heavy atom. The number of methoxy groups -OCH3 is 1. The fourth-order valence-corrected chi connectivity index (χ4v) is 2.07. The number of nitrogens with one attached hydrogen (secondary N) is 1. The van der Waals surface area contributed by atoms with E-state index in [1.807, 2.05) is 6.07 Å². The second-order valence-corrected chi connectivity index (χ2v) is 4.94. The van der Waals surface area contributed by atoms with Crippen molar-refractivity contribution < 1.29 is 9.13 Å². The van der Waals surface area contributed by atoms with Gasteiger partial charge in [0.25, 0.3) is 0 Å². The van der Waals surface area contributed by atoms with E-state index < -0.39 is 0 Å². The summed E-state index contributed by atoms with van der Waals surface area (Å²) in [7, 11) is 1.65. The predicted octanol–water partition coefficient (Wildman–Crippen LogP) is 2.51. The van der Waals surface area contributed by atoms with Crippen LogP contribution in [0, 0.1) is 5.82 Å². The molecular weight excluding hydrogens is 313 g/mol. The molecule has 102 valence electrons. The molecule has 0 unspecified atom stereocenters. The van der Waals surface area contributed by atoms with Crippen LogP contribution < -0.4 is 5.32 Å². The Morgan fingerprint density at radius 2 is 2.32 bits per heavy atom. The minimum atomic E-state index is -0.290. The van der Waals surface area contributed by atoms with Crippen LogP contribution in [-0.2, 0) is 11.3 Å². The molecule has 0 spiro atoms. The number of halogens is 2. The number of benzene rings is 1. The van der Waals surface area contributed by atoms with Crippen molar-refractivity contribution in [2.75, 3.05) is 20.3 Å². The van der Waals surface area contributed by atoms with Gasteiger partial charge in [0.1, 0.15) is 11.5 Å². The van der Waals surface area contributed by atoms with E-state index in [9.17, 15) is 4.39 Å². The molecule has 1 heterocycles. The summed E-state index contributed by atoms with van der Waals surface area (Å²) in [5.74, 6) is -0.290. The maximum absolute atomic E-state index is 14.0. The van der Waals surface area contributed by atoms with E-state index in [4.69, 9.17) is 4.74 Å². The zero-order chi connectivity index (χ0) is 13.7. The van der Waals surface area contributed by atoms with Crippen LogP contribution in [0.2, 0.25) is 0 Å². The van der Waals surface area contributed by atoms with Crippen molar-refractivity contribution in [1.82, 2.24) is 15.1 Å². The zero-order valence-electron chi connectivity index (χ0n) is 10.6. The topological polar surface area (TPSA) is 39.1 Å². The molecule has 2 aromatic rings. The van der Waals surface area contributed by atoms with Crippen LogP contribution in [0.15, 0.2) is 35.1 Å². The number of para-hydroxylation sites is 1. The Hall–Kier alpha value is -1.24. The number of ether oxygens (including phenoxy) is 1. The Labute approximate surface area is 119 Å². The van der Waals surface area contributed by atoms with Crippen LogP contribution in [0.1, 0.15) is 5.56 Å². The van der Waals surface area contributed by atoms with Gasteiger partial charge in [-0.2, -0.15) is 5.10 Å². The van der Waals surface area contributed by atoms with Crippen LogP contribution in [0.5, 0.6) is 0 Å². The first-order valence-corrected chi connectivity index (χ1v) is 6.69. The number of aromatic nitrogens is 2. The van der Waals surface area contributed by atoms with Crippen LogP contribution in [0.25, 0.3) is 5.69 Å². The molecule has 4 nitrogen and oxygen atoms in total. The van der Waals surface area contributed by atoms with Gasteiger partial charge in [0, 0.05) is 26.4 Å². The Bertz CT molecular complexity index is 544. The van der Waals surface area contributed by atoms with Crippen LogP contribution in [-0.4, -0.2) is 30.0 Å². The SMILES string of the molecule is COCCNCc1cccc(F)c1-n1cc(Br)cn1. The summed E-state index contributed by atoms with van der Waals surface area (Å²) in [6, 6.07) is 5.02. The number of hydrogen-bond acceptors (Lipinski definition) is 3. The smallest absolute Gasteiger partial charge is 0.149 e. The zero-order valence-corrected chi connectivity index (χ0v) is 12.2. The second kappa shape index (κ2) is 6.79. The molecule has 0 bridgehead atoms. The van der Waals surface area contributed by atoms with Gasteiger partial charge in [-0.25, -0.2) is 9.07 Å². The lowest BCUT2D eigenvalue weighted by Crippen LogP contribution is -2.20. The fraction of sp³-hybridized carbons (Fsp3) is 0.308. The highest BCUT2D eigenvalue weighted by Gasteiger charge is 2.11. The highest BCUT2D eigenvalue weighted by Crippen LogP contribution is 2.20. The van der Waals surface area contributed by atoms with Gasteiger partial charge < -0.3 is 10.1 Å². The second-order valence-electron chi connectivity index (χ2n) is 4.02. The van der Waals surface area contributed by atoms with Gasteiger partial charge in [0.2, 0.25) is 0 Å². The van der Waals surface area contributed by atoms with Gasteiger partial charge in [-0.1, -0.05) is 12.1 Å². The van der Waals surface area contributed by atoms with E-state index in [1.54, 1.807) is 25.6 Å². The van der Waals surface area contributed by atoms with E-state index >= 15 is 0 Å². The van der Waals surface area contributed by atoms with Gasteiger partial charge in [-0.15, -0.1) is 0 Å². The lowest BCUT2D eigenvalue weighted by molar-refractivity contribution is 0.199. The standard InChI is InChI=1S/C13H15BrFN3O/c1-19-6-5-16-7-10-3-2-4-12(15)13(10)18-9-11(14)8-17-18/h2-4,8-9,16H,5-7H2,1H3. The van der Waals surface area contributed by atoms with Crippen molar-refractivity contribution in [3.63, 3.8) is 0 Å². The molecule has 19 heavy (non-hydrogen) atoms. The summed E-state index contributed by atoms with van der Waals surface area (Å²) in [5.41, 5.74) is 1.32. The highest BCUT2D eigenvalue weighted by atomic mass is 79.9. The monoisotopic (exact) mass is 327 g/mol. The lowest BCUT2D eigenvalue weighted by atomic mass is 10.1. The molecule has 0 aliphatic rings. The molecule has 0 amide bonds. The normalized spacial score (nSPS) is 10.9. The van der Waals surface area contributed by atoms with Crippen LogP contribution in [0.4, 0.5) is 4.39 Å². The summed E-state index contributed by atoms with van der Waals surface area (Å²) >= 11 is 3.31. The van der Waals surface area contributed by atoms with Crippen LogP contribution >= 0.6 is 15.9 Å². The van der Waals surface area contributed by atoms with E-state index in [0.717, 1.165) is 16.6 Å². The third kappa shape index (κ3) is 3.62. The molecule has 0 aliphatic carbocycles. The van der Waals surface area contributed by atoms with E-state index in [2.05, 4.69) is 26.3 Å². The summed E-state index contributed by atoms with van der Waals surface area (Å²) < 4.78 is 21.3. The van der Waals surface area contributed by atoms with Crippen molar-refractivity contribution in [3.05, 3.63) is 46.4 Å². The fourth-order valence-electron chi connectivity index (χ4n) is 1.78. The lowest BCUT2D eigenvalue weighted by Gasteiger charge is -2.11. The quantitative estimate of drug-likeness (QED) is 0.828. The molecule has 0 saturated carbocycles. The summed E-state index contributed by atoms with van der Waals surface area (Å²) in [5, 5.41) is 7.33. The Kier molecular flexibility index (Phi) is 5.07. The number of nitrogens with zero attached hydrogens (tertiary/aromatic N) is 2. The molecule has 2 rings (SSSR count). The largest absolute Gasteiger partial charge is 0.383 e. The van der Waals surface area contributed by atoms with Crippen molar-refractivity contribution in [1.29, 1.82) is 0 Å². The minimum absolute atomic E-state index is 0.290. The summed E-state index contributed by atoms with van der Waals surface area (Å²) in [6.45, 7) is 1.90. The highest BCUT2D eigenvalue weighted by molar-refractivity contribution is 9.10. The molecular formula is C13H15BrFN3O. The van der Waals surface area contributed by atoms with Gasteiger partial charge in [-0.3, -0.25) is 0 Å². The first kappa shape index (κ1) is 14.2. The summed E-state index contributed by atoms with van der Waals surface area (Å²) in [4.78, 5) is 0. The minimum Gasteiger partial charge on any atom is -0.383 e. The molecule has 1 aromatic carbocycles. The third-order valence-electron chi connectivity index (χ3n) is 2.65. The van der Waals surface area contributed by atoms with Crippen LogP contribution in [0.3, 0.4) is 0 Å². The number of hydrogen-bond donors (Lipinski definition) is 1. The van der Waals surface area contributed by atoms with Crippen molar-refractivity contribution in [2.24, 2.45) is 0 Å². The maximum atomic E-state index is 14.0. The Balaban J connectivity index is 2.21. The molecule has 1 aromatic heterocycles. The first-order chi connectivity index (χ1) is 9.22. The summed E-state index contributed by atoms with van der Waals surface area (Å²) in [6.07, 6.45) is 3.37. The molecule has 1 N–H and O–H groups in total. The molecule has 0 radical (unpaired) electrons. The van der Waals surface area contributed by atoms with Gasteiger partial charge in [0.05, 0.1) is 17.3 Å². The van der Waals surface area contributed by atoms with Gasteiger partial charge in [0.15, 0.2) is 0 Å². The van der Waals surface area contributed by atoms with E-state index in [-0.39, 0.29) is 5.82 Å². The third-order valence-corrected chi connectivity index (χ3v) is 3.06. The van der Waals surface area contributed by atoms with Gasteiger partial charge >= 0.3 is 0 Å². The van der Waals surface area contributed by atoms with Crippen molar-refractivity contribution >= 4 is 15.9 Å².